The van der Waals surface area contributed by atoms with Crippen molar-refractivity contribution >= 4 is 41.8 Å². The van der Waals surface area contributed by atoms with Gasteiger partial charge in [-0.25, -0.2) is 4.99 Å². The van der Waals surface area contributed by atoms with Crippen molar-refractivity contribution in [1.82, 2.24) is 20.4 Å². The Hall–Kier alpha value is -1.10. The van der Waals surface area contributed by atoms with Crippen molar-refractivity contribution in [2.75, 3.05) is 54.5 Å². The van der Waals surface area contributed by atoms with Gasteiger partial charge in [-0.05, 0) is 20.8 Å². The lowest BCUT2D eigenvalue weighted by Crippen LogP contribution is -2.49. The molecule has 0 aliphatic rings. The van der Waals surface area contributed by atoms with Crippen LogP contribution in [0.4, 0.5) is 0 Å². The Kier molecular flexibility index (Phi) is 12.9. The summed E-state index contributed by atoms with van der Waals surface area (Å²) in [5.41, 5.74) is -0.292. The van der Waals surface area contributed by atoms with Crippen molar-refractivity contribution in [3.63, 3.8) is 0 Å². The van der Waals surface area contributed by atoms with Crippen molar-refractivity contribution in [2.24, 2.45) is 4.99 Å². The number of carbonyl (C=O) groups is 2. The molecule has 0 rings (SSSR count). The van der Waals surface area contributed by atoms with E-state index >= 15 is 0 Å². The molecule has 0 aliphatic carbocycles. The Morgan fingerprint density at radius 3 is 2.21 bits per heavy atom. The zero-order chi connectivity index (χ0) is 18.0. The Bertz CT molecular complexity index is 422. The quantitative estimate of drug-likeness (QED) is 0.246. The number of nitrogens with zero attached hydrogens (tertiary/aromatic N) is 3. The van der Waals surface area contributed by atoms with Gasteiger partial charge in [-0.2, -0.15) is 0 Å². The number of methoxy groups -OCH3 is 1. The van der Waals surface area contributed by atoms with Crippen LogP contribution in [0.5, 0.6) is 0 Å². The number of amides is 2. The van der Waals surface area contributed by atoms with Crippen molar-refractivity contribution in [1.29, 1.82) is 0 Å². The molecule has 0 aliphatic heterocycles. The number of hydrogen-bond acceptors (Lipinski definition) is 4. The molecule has 0 saturated heterocycles. The van der Waals surface area contributed by atoms with E-state index in [4.69, 9.17) is 4.74 Å². The molecule has 0 aromatic carbocycles. The van der Waals surface area contributed by atoms with E-state index in [0.717, 1.165) is 0 Å². The smallest absolute Gasteiger partial charge is 0.243 e. The van der Waals surface area contributed by atoms with Crippen LogP contribution in [0, 0.1) is 0 Å². The Morgan fingerprint density at radius 2 is 1.75 bits per heavy atom. The highest BCUT2D eigenvalue weighted by atomic mass is 127. The van der Waals surface area contributed by atoms with Crippen LogP contribution in [-0.2, 0) is 14.3 Å². The standard InChI is InChI=1S/C15H31N5O3.HI/c1-15(2,3)18-12(21)11-20(6)14(16-8-9-23-7)17-10-13(22)19(4)5;/h8-11H2,1-7H3,(H,16,17)(H,18,21);1H. The zero-order valence-electron chi connectivity index (χ0n) is 15.8. The van der Waals surface area contributed by atoms with Crippen LogP contribution in [0.2, 0.25) is 0 Å². The first-order valence-electron chi connectivity index (χ1n) is 7.56. The second-order valence-corrected chi connectivity index (χ2v) is 6.50. The van der Waals surface area contributed by atoms with E-state index in [1.165, 1.54) is 4.90 Å². The van der Waals surface area contributed by atoms with Crippen LogP contribution in [0.1, 0.15) is 20.8 Å². The van der Waals surface area contributed by atoms with Gasteiger partial charge >= 0.3 is 0 Å². The lowest BCUT2D eigenvalue weighted by atomic mass is 10.1. The summed E-state index contributed by atoms with van der Waals surface area (Å²) in [6.07, 6.45) is 0. The fourth-order valence-corrected chi connectivity index (χ4v) is 1.61. The first-order chi connectivity index (χ1) is 10.6. The Labute approximate surface area is 162 Å². The third kappa shape index (κ3) is 12.3. The average Bonchev–Trinajstić information content (AvgIpc) is 2.39. The van der Waals surface area contributed by atoms with E-state index in [2.05, 4.69) is 15.6 Å². The fraction of sp³-hybridized carbons (Fsp3) is 0.800. The van der Waals surface area contributed by atoms with E-state index in [1.54, 1.807) is 33.2 Å². The van der Waals surface area contributed by atoms with E-state index < -0.39 is 0 Å². The number of guanidine groups is 1. The Morgan fingerprint density at radius 1 is 1.17 bits per heavy atom. The summed E-state index contributed by atoms with van der Waals surface area (Å²) in [5, 5.41) is 5.98. The van der Waals surface area contributed by atoms with E-state index in [9.17, 15) is 9.59 Å². The summed E-state index contributed by atoms with van der Waals surface area (Å²) in [6, 6.07) is 0. The Balaban J connectivity index is 0. The molecule has 0 radical (unpaired) electrons. The number of carbonyl (C=O) groups excluding carboxylic acids is 2. The van der Waals surface area contributed by atoms with Gasteiger partial charge in [0.25, 0.3) is 0 Å². The van der Waals surface area contributed by atoms with Crippen LogP contribution < -0.4 is 10.6 Å². The van der Waals surface area contributed by atoms with E-state index in [-0.39, 0.29) is 54.4 Å². The normalized spacial score (nSPS) is 11.4. The van der Waals surface area contributed by atoms with E-state index in [0.29, 0.717) is 19.1 Å². The van der Waals surface area contributed by atoms with Crippen LogP contribution in [-0.4, -0.2) is 87.6 Å². The molecule has 2 N–H and O–H groups in total. The van der Waals surface area contributed by atoms with Gasteiger partial charge in [0, 0.05) is 40.3 Å². The monoisotopic (exact) mass is 457 g/mol. The predicted molar refractivity (Wildman–Crippen MR) is 107 cm³/mol. The number of halogens is 1. The SMILES string of the molecule is COCCNC(=NCC(=O)N(C)C)N(C)CC(=O)NC(C)(C)C.I. The first-order valence-corrected chi connectivity index (χ1v) is 7.56. The maximum Gasteiger partial charge on any atom is 0.243 e. The first kappa shape index (κ1) is 25.1. The van der Waals surface area contributed by atoms with Crippen LogP contribution in [0.25, 0.3) is 0 Å². The van der Waals surface area contributed by atoms with Gasteiger partial charge in [-0.15, -0.1) is 24.0 Å². The second kappa shape index (κ2) is 12.3. The summed E-state index contributed by atoms with van der Waals surface area (Å²) < 4.78 is 4.99. The molecule has 0 saturated carbocycles. The van der Waals surface area contributed by atoms with E-state index in [1.807, 2.05) is 20.8 Å². The molecule has 142 valence electrons. The highest BCUT2D eigenvalue weighted by Crippen LogP contribution is 1.98. The third-order valence-electron chi connectivity index (χ3n) is 2.71. The van der Waals surface area contributed by atoms with Gasteiger partial charge in [-0.1, -0.05) is 0 Å². The van der Waals surface area contributed by atoms with Crippen molar-refractivity contribution in [3.05, 3.63) is 0 Å². The summed E-state index contributed by atoms with van der Waals surface area (Å²) in [4.78, 5) is 31.1. The molecule has 0 unspecified atom stereocenters. The summed E-state index contributed by atoms with van der Waals surface area (Å²) in [6.45, 7) is 6.98. The highest BCUT2D eigenvalue weighted by Gasteiger charge is 2.17. The molecule has 0 atom stereocenters. The molecule has 0 heterocycles. The summed E-state index contributed by atoms with van der Waals surface area (Å²) in [7, 11) is 6.71. The second-order valence-electron chi connectivity index (χ2n) is 6.50. The van der Waals surface area contributed by atoms with Gasteiger partial charge in [0.05, 0.1) is 13.2 Å². The molecule has 0 aromatic heterocycles. The summed E-state index contributed by atoms with van der Waals surface area (Å²) >= 11 is 0. The van der Waals surface area contributed by atoms with Gasteiger partial charge in [-0.3, -0.25) is 9.59 Å². The topological polar surface area (TPSA) is 86.3 Å². The molecular weight excluding hydrogens is 425 g/mol. The lowest BCUT2D eigenvalue weighted by molar-refractivity contribution is -0.127. The highest BCUT2D eigenvalue weighted by molar-refractivity contribution is 14.0. The predicted octanol–water partition coefficient (Wildman–Crippen LogP) is 0.131. The molecule has 0 spiro atoms. The van der Waals surface area contributed by atoms with Crippen LogP contribution >= 0.6 is 24.0 Å². The van der Waals surface area contributed by atoms with Gasteiger partial charge < -0.3 is 25.2 Å². The van der Waals surface area contributed by atoms with Crippen LogP contribution in [0.15, 0.2) is 4.99 Å². The molecule has 8 nitrogen and oxygen atoms in total. The lowest BCUT2D eigenvalue weighted by Gasteiger charge is -2.25. The minimum Gasteiger partial charge on any atom is -0.383 e. The molecule has 24 heavy (non-hydrogen) atoms. The average molecular weight is 457 g/mol. The third-order valence-corrected chi connectivity index (χ3v) is 2.71. The number of nitrogens with one attached hydrogen (secondary N) is 2. The molecule has 0 aromatic rings. The van der Waals surface area contributed by atoms with Gasteiger partial charge in [0.2, 0.25) is 11.8 Å². The van der Waals surface area contributed by atoms with Crippen molar-refractivity contribution in [3.8, 4) is 0 Å². The molecule has 0 fully saturated rings. The minimum atomic E-state index is -0.292. The van der Waals surface area contributed by atoms with Crippen molar-refractivity contribution < 1.29 is 14.3 Å². The molecule has 0 bridgehead atoms. The molecular formula is C15H32IN5O3. The number of hydrogen-bond donors (Lipinski definition) is 2. The van der Waals surface area contributed by atoms with Crippen LogP contribution in [0.3, 0.4) is 0 Å². The minimum absolute atomic E-state index is 0. The summed E-state index contributed by atoms with van der Waals surface area (Å²) in [5.74, 6) is 0.269. The largest absolute Gasteiger partial charge is 0.383 e. The maximum absolute atomic E-state index is 12.0. The zero-order valence-corrected chi connectivity index (χ0v) is 18.1. The number of ether oxygens (including phenoxy) is 1. The van der Waals surface area contributed by atoms with Gasteiger partial charge in [0.1, 0.15) is 6.54 Å². The number of aliphatic imine (C=N–C) groups is 1. The molecule has 2 amide bonds. The maximum atomic E-state index is 12.0. The van der Waals surface area contributed by atoms with Gasteiger partial charge in [0.15, 0.2) is 5.96 Å². The van der Waals surface area contributed by atoms with Crippen molar-refractivity contribution in [2.45, 2.75) is 26.3 Å². The number of rotatable bonds is 7. The number of likely N-dealkylation sites (N-methyl/N-ethyl adjacent to an activating group) is 2. The fourth-order valence-electron chi connectivity index (χ4n) is 1.61. The molecule has 9 heteroatoms.